The zero-order chi connectivity index (χ0) is 15.7. The average molecular weight is 288 g/mol. The Morgan fingerprint density at radius 3 is 2.33 bits per heavy atom. The van der Waals surface area contributed by atoms with E-state index in [4.69, 9.17) is 0 Å². The topological polar surface area (TPSA) is 49.4 Å². The van der Waals surface area contributed by atoms with E-state index in [1.54, 1.807) is 11.8 Å². The lowest BCUT2D eigenvalue weighted by Gasteiger charge is -2.42. The fraction of sp³-hybridized carbons (Fsp3) is 0.529. The van der Waals surface area contributed by atoms with E-state index < -0.39 is 12.1 Å². The van der Waals surface area contributed by atoms with Gasteiger partial charge in [0.25, 0.3) is 0 Å². The number of hydrogen-bond acceptors (Lipinski definition) is 2. The molecule has 1 heterocycles. The smallest absolute Gasteiger partial charge is 0.246 e. The molecular formula is C17H24N2O2. The van der Waals surface area contributed by atoms with Crippen molar-refractivity contribution in [1.82, 2.24) is 10.2 Å². The molecule has 1 N–H and O–H groups in total. The lowest BCUT2D eigenvalue weighted by Crippen LogP contribution is -2.64. The molecule has 4 heteroatoms. The monoisotopic (exact) mass is 288 g/mol. The van der Waals surface area contributed by atoms with Gasteiger partial charge in [-0.15, -0.1) is 0 Å². The molecule has 21 heavy (non-hydrogen) atoms. The number of aryl methyl sites for hydroxylation is 1. The molecule has 2 amide bonds. The third-order valence-electron chi connectivity index (χ3n) is 4.34. The van der Waals surface area contributed by atoms with E-state index >= 15 is 0 Å². The van der Waals surface area contributed by atoms with Gasteiger partial charge in [-0.3, -0.25) is 9.59 Å². The van der Waals surface area contributed by atoms with E-state index in [1.807, 2.05) is 52.0 Å². The minimum atomic E-state index is -0.442. The van der Waals surface area contributed by atoms with E-state index in [1.165, 1.54) is 0 Å². The molecule has 0 aliphatic carbocycles. The maximum absolute atomic E-state index is 12.8. The summed E-state index contributed by atoms with van der Waals surface area (Å²) in [5, 5.41) is 2.84. The molecule has 0 aromatic heterocycles. The van der Waals surface area contributed by atoms with Crippen LogP contribution in [-0.4, -0.2) is 28.8 Å². The highest BCUT2D eigenvalue weighted by atomic mass is 16.2. The Kier molecular flexibility index (Phi) is 4.35. The number of rotatable bonds is 3. The Morgan fingerprint density at radius 2 is 1.76 bits per heavy atom. The fourth-order valence-electron chi connectivity index (χ4n) is 3.00. The lowest BCUT2D eigenvalue weighted by molar-refractivity contribution is -0.152. The van der Waals surface area contributed by atoms with Crippen LogP contribution < -0.4 is 5.32 Å². The average Bonchev–Trinajstić information content (AvgIpc) is 2.43. The molecule has 3 unspecified atom stereocenters. The van der Waals surface area contributed by atoms with Crippen LogP contribution >= 0.6 is 0 Å². The molecule has 1 saturated heterocycles. The van der Waals surface area contributed by atoms with Gasteiger partial charge < -0.3 is 10.2 Å². The van der Waals surface area contributed by atoms with Crippen molar-refractivity contribution in [2.45, 2.75) is 52.7 Å². The minimum absolute atomic E-state index is 0.00727. The molecule has 0 radical (unpaired) electrons. The minimum Gasteiger partial charge on any atom is -0.342 e. The molecule has 2 rings (SSSR count). The van der Waals surface area contributed by atoms with Gasteiger partial charge in [0.2, 0.25) is 11.8 Å². The molecule has 1 fully saturated rings. The van der Waals surface area contributed by atoms with E-state index in [0.29, 0.717) is 0 Å². The summed E-state index contributed by atoms with van der Waals surface area (Å²) in [6.45, 7) is 9.72. The lowest BCUT2D eigenvalue weighted by atomic mass is 9.94. The first-order valence-corrected chi connectivity index (χ1v) is 7.52. The van der Waals surface area contributed by atoms with Gasteiger partial charge in [-0.05, 0) is 37.8 Å². The molecule has 1 aliphatic rings. The van der Waals surface area contributed by atoms with Crippen molar-refractivity contribution in [3.05, 3.63) is 35.4 Å². The summed E-state index contributed by atoms with van der Waals surface area (Å²) in [5.41, 5.74) is 2.23. The van der Waals surface area contributed by atoms with Crippen molar-refractivity contribution >= 4 is 11.8 Å². The fourth-order valence-corrected chi connectivity index (χ4v) is 3.00. The first-order chi connectivity index (χ1) is 9.84. The molecule has 3 atom stereocenters. The molecule has 114 valence electrons. The third-order valence-corrected chi connectivity index (χ3v) is 4.34. The standard InChI is InChI=1S/C17H24N2O2/c1-10(2)15-17(21)19(13(5)16(20)18-15)12(4)14-9-7-6-8-11(14)3/h6-10,12-13,15H,1-5H3,(H,18,20). The van der Waals surface area contributed by atoms with Crippen molar-refractivity contribution in [1.29, 1.82) is 0 Å². The molecule has 0 saturated carbocycles. The highest BCUT2D eigenvalue weighted by Crippen LogP contribution is 2.29. The van der Waals surface area contributed by atoms with E-state index in [-0.39, 0.29) is 23.8 Å². The van der Waals surface area contributed by atoms with Gasteiger partial charge in [-0.25, -0.2) is 0 Å². The first kappa shape index (κ1) is 15.5. The van der Waals surface area contributed by atoms with Crippen molar-refractivity contribution in [2.24, 2.45) is 5.92 Å². The third kappa shape index (κ3) is 2.80. The highest BCUT2D eigenvalue weighted by Gasteiger charge is 2.41. The molecule has 0 spiro atoms. The van der Waals surface area contributed by atoms with Crippen molar-refractivity contribution in [2.75, 3.05) is 0 Å². The van der Waals surface area contributed by atoms with Crippen LogP contribution in [0.1, 0.15) is 44.9 Å². The van der Waals surface area contributed by atoms with Gasteiger partial charge in [0.05, 0.1) is 6.04 Å². The molecule has 1 aromatic rings. The maximum atomic E-state index is 12.8. The van der Waals surface area contributed by atoms with Gasteiger partial charge in [-0.1, -0.05) is 38.1 Å². The van der Waals surface area contributed by atoms with Crippen molar-refractivity contribution < 1.29 is 9.59 Å². The predicted octanol–water partition coefficient (Wildman–Crippen LogP) is 2.43. The van der Waals surface area contributed by atoms with Gasteiger partial charge in [-0.2, -0.15) is 0 Å². The van der Waals surface area contributed by atoms with Crippen LogP contribution in [0.2, 0.25) is 0 Å². The number of carbonyl (C=O) groups excluding carboxylic acids is 2. The maximum Gasteiger partial charge on any atom is 0.246 e. The summed E-state index contributed by atoms with van der Waals surface area (Å²) in [6.07, 6.45) is 0. The van der Waals surface area contributed by atoms with Gasteiger partial charge >= 0.3 is 0 Å². The summed E-state index contributed by atoms with van der Waals surface area (Å²) in [6, 6.07) is 7.03. The number of benzene rings is 1. The van der Waals surface area contributed by atoms with Crippen LogP contribution in [0.15, 0.2) is 24.3 Å². The second kappa shape index (κ2) is 5.88. The number of carbonyl (C=O) groups is 2. The quantitative estimate of drug-likeness (QED) is 0.928. The molecule has 1 aliphatic heterocycles. The summed E-state index contributed by atoms with van der Waals surface area (Å²) in [5.74, 6) is 0.0158. The highest BCUT2D eigenvalue weighted by molar-refractivity contribution is 5.97. The predicted molar refractivity (Wildman–Crippen MR) is 82.7 cm³/mol. The van der Waals surface area contributed by atoms with Gasteiger partial charge in [0.1, 0.15) is 12.1 Å². The zero-order valence-electron chi connectivity index (χ0n) is 13.4. The van der Waals surface area contributed by atoms with Crippen molar-refractivity contribution in [3.8, 4) is 0 Å². The number of piperazine rings is 1. The Balaban J connectivity index is 2.37. The second-order valence-corrected chi connectivity index (χ2v) is 6.18. The number of nitrogens with zero attached hydrogens (tertiary/aromatic N) is 1. The first-order valence-electron chi connectivity index (χ1n) is 7.52. The van der Waals surface area contributed by atoms with Crippen LogP contribution in [0.3, 0.4) is 0 Å². The number of nitrogens with one attached hydrogen (secondary N) is 1. The Labute approximate surface area is 126 Å². The van der Waals surface area contributed by atoms with E-state index in [9.17, 15) is 9.59 Å². The second-order valence-electron chi connectivity index (χ2n) is 6.18. The Hall–Kier alpha value is -1.84. The summed E-state index contributed by atoms with van der Waals surface area (Å²) in [4.78, 5) is 26.7. The largest absolute Gasteiger partial charge is 0.342 e. The van der Waals surface area contributed by atoms with Crippen molar-refractivity contribution in [3.63, 3.8) is 0 Å². The molecule has 4 nitrogen and oxygen atoms in total. The van der Waals surface area contributed by atoms with Crippen LogP contribution in [0.4, 0.5) is 0 Å². The molecule has 0 bridgehead atoms. The number of amides is 2. The normalized spacial score (nSPS) is 24.2. The molecule has 1 aromatic carbocycles. The Morgan fingerprint density at radius 1 is 1.14 bits per heavy atom. The summed E-state index contributed by atoms with van der Waals surface area (Å²) < 4.78 is 0. The zero-order valence-corrected chi connectivity index (χ0v) is 13.4. The Bertz CT molecular complexity index is 553. The number of hydrogen-bond donors (Lipinski definition) is 1. The van der Waals surface area contributed by atoms with Crippen LogP contribution in [0.5, 0.6) is 0 Å². The van der Waals surface area contributed by atoms with Crippen LogP contribution in [-0.2, 0) is 9.59 Å². The SMILES string of the molecule is Cc1ccccc1C(C)N1C(=O)C(C(C)C)NC(=O)C1C. The van der Waals surface area contributed by atoms with Gasteiger partial charge in [0, 0.05) is 0 Å². The summed E-state index contributed by atoms with van der Waals surface area (Å²) in [7, 11) is 0. The van der Waals surface area contributed by atoms with Crippen LogP contribution in [0.25, 0.3) is 0 Å². The molecular weight excluding hydrogens is 264 g/mol. The van der Waals surface area contributed by atoms with E-state index in [0.717, 1.165) is 11.1 Å². The summed E-state index contributed by atoms with van der Waals surface area (Å²) >= 11 is 0. The van der Waals surface area contributed by atoms with E-state index in [2.05, 4.69) is 5.32 Å². The van der Waals surface area contributed by atoms with Gasteiger partial charge in [0.15, 0.2) is 0 Å². The van der Waals surface area contributed by atoms with Crippen LogP contribution in [0, 0.1) is 12.8 Å².